The highest BCUT2D eigenvalue weighted by molar-refractivity contribution is 9.10. The maximum atomic E-state index is 13.9. The van der Waals surface area contributed by atoms with Gasteiger partial charge in [-0.15, -0.1) is 0 Å². The Morgan fingerprint density at radius 1 is 1.16 bits per heavy atom. The number of hydrogen-bond acceptors (Lipinski definition) is 1. The predicted octanol–water partition coefficient (Wildman–Crippen LogP) is 4.45. The van der Waals surface area contributed by atoms with Gasteiger partial charge in [0, 0.05) is 16.1 Å². The molecule has 1 nitrogen and oxygen atoms in total. The van der Waals surface area contributed by atoms with E-state index in [1.54, 1.807) is 6.07 Å². The Morgan fingerprint density at radius 2 is 1.79 bits per heavy atom. The molecule has 0 heterocycles. The minimum atomic E-state index is -0.326. The van der Waals surface area contributed by atoms with Gasteiger partial charge in [-0.1, -0.05) is 40.2 Å². The summed E-state index contributed by atoms with van der Waals surface area (Å²) in [6.45, 7) is 4.12. The highest BCUT2D eigenvalue weighted by Crippen LogP contribution is 2.25. The lowest BCUT2D eigenvalue weighted by Gasteiger charge is -2.16. The second-order valence-electron chi connectivity index (χ2n) is 4.85. The van der Waals surface area contributed by atoms with Crippen LogP contribution in [0.3, 0.4) is 0 Å². The van der Waals surface area contributed by atoms with Crippen LogP contribution in [-0.4, -0.2) is 0 Å². The predicted molar refractivity (Wildman–Crippen MR) is 80.6 cm³/mol. The van der Waals surface area contributed by atoms with Gasteiger partial charge in [-0.3, -0.25) is 0 Å². The van der Waals surface area contributed by atoms with Crippen LogP contribution in [0.2, 0.25) is 0 Å². The molecule has 0 radical (unpaired) electrons. The van der Waals surface area contributed by atoms with E-state index in [0.717, 1.165) is 4.47 Å². The SMILES string of the molecule is Cc1cccc(C)c1CC(N)c1ccc(Br)cc1F. The Bertz CT molecular complexity index is 575. The minimum absolute atomic E-state index is 0.256. The molecule has 2 aromatic carbocycles. The smallest absolute Gasteiger partial charge is 0.129 e. The summed E-state index contributed by atoms with van der Waals surface area (Å²) in [7, 11) is 0. The van der Waals surface area contributed by atoms with Crippen molar-refractivity contribution in [2.75, 3.05) is 0 Å². The first-order valence-electron chi connectivity index (χ1n) is 6.24. The average molecular weight is 322 g/mol. The van der Waals surface area contributed by atoms with Gasteiger partial charge in [0.2, 0.25) is 0 Å². The van der Waals surface area contributed by atoms with E-state index >= 15 is 0 Å². The van der Waals surface area contributed by atoms with Gasteiger partial charge in [-0.05, 0) is 49.1 Å². The number of aryl methyl sites for hydroxylation is 2. The third-order valence-electron chi connectivity index (χ3n) is 3.43. The van der Waals surface area contributed by atoms with Crippen LogP contribution >= 0.6 is 15.9 Å². The van der Waals surface area contributed by atoms with Crippen molar-refractivity contribution in [1.29, 1.82) is 0 Å². The summed E-state index contributed by atoms with van der Waals surface area (Å²) in [5.74, 6) is -0.256. The molecule has 1 unspecified atom stereocenters. The Labute approximate surface area is 121 Å². The highest BCUT2D eigenvalue weighted by atomic mass is 79.9. The third-order valence-corrected chi connectivity index (χ3v) is 3.92. The Morgan fingerprint density at radius 3 is 2.37 bits per heavy atom. The first kappa shape index (κ1) is 14.2. The van der Waals surface area contributed by atoms with Crippen molar-refractivity contribution >= 4 is 15.9 Å². The first-order valence-corrected chi connectivity index (χ1v) is 7.04. The van der Waals surface area contributed by atoms with E-state index in [-0.39, 0.29) is 11.9 Å². The lowest BCUT2D eigenvalue weighted by atomic mass is 9.93. The van der Waals surface area contributed by atoms with Crippen molar-refractivity contribution in [1.82, 2.24) is 0 Å². The van der Waals surface area contributed by atoms with Crippen molar-refractivity contribution in [2.24, 2.45) is 5.73 Å². The molecule has 2 rings (SSSR count). The number of benzene rings is 2. The summed E-state index contributed by atoms with van der Waals surface area (Å²) in [5, 5.41) is 0. The fourth-order valence-electron chi connectivity index (χ4n) is 2.30. The maximum absolute atomic E-state index is 13.9. The van der Waals surface area contributed by atoms with Crippen LogP contribution in [0.1, 0.15) is 28.3 Å². The monoisotopic (exact) mass is 321 g/mol. The van der Waals surface area contributed by atoms with Crippen molar-refractivity contribution in [2.45, 2.75) is 26.3 Å². The summed E-state index contributed by atoms with van der Waals surface area (Å²) in [6.07, 6.45) is 0.650. The lowest BCUT2D eigenvalue weighted by Crippen LogP contribution is -2.16. The molecule has 0 fully saturated rings. The highest BCUT2D eigenvalue weighted by Gasteiger charge is 2.14. The van der Waals surface area contributed by atoms with E-state index in [1.165, 1.54) is 22.8 Å². The molecule has 100 valence electrons. The van der Waals surface area contributed by atoms with Crippen LogP contribution < -0.4 is 5.73 Å². The Kier molecular flexibility index (Phi) is 4.38. The van der Waals surface area contributed by atoms with E-state index in [0.29, 0.717) is 12.0 Å². The summed E-state index contributed by atoms with van der Waals surface area (Å²) < 4.78 is 14.6. The molecule has 3 heteroatoms. The number of rotatable bonds is 3. The molecule has 0 bridgehead atoms. The van der Waals surface area contributed by atoms with Crippen molar-refractivity contribution in [3.63, 3.8) is 0 Å². The fourth-order valence-corrected chi connectivity index (χ4v) is 2.64. The largest absolute Gasteiger partial charge is 0.324 e. The van der Waals surface area contributed by atoms with Crippen molar-refractivity contribution < 1.29 is 4.39 Å². The van der Waals surface area contributed by atoms with Crippen LogP contribution in [-0.2, 0) is 6.42 Å². The molecule has 0 amide bonds. The van der Waals surface area contributed by atoms with Crippen molar-refractivity contribution in [3.05, 3.63) is 68.9 Å². The van der Waals surface area contributed by atoms with Gasteiger partial charge in [-0.25, -0.2) is 4.39 Å². The summed E-state index contributed by atoms with van der Waals surface area (Å²) >= 11 is 3.25. The molecule has 0 aliphatic carbocycles. The topological polar surface area (TPSA) is 26.0 Å². The van der Waals surface area contributed by atoms with E-state index in [1.807, 2.05) is 12.1 Å². The standard InChI is InChI=1S/C16H17BrFN/c1-10-4-3-5-11(2)14(10)9-16(19)13-7-6-12(17)8-15(13)18/h3-8,16H,9,19H2,1-2H3. The molecular weight excluding hydrogens is 305 g/mol. The summed E-state index contributed by atoms with van der Waals surface area (Å²) in [5.41, 5.74) is 10.3. The van der Waals surface area contributed by atoms with Gasteiger partial charge in [0.15, 0.2) is 0 Å². The quantitative estimate of drug-likeness (QED) is 0.888. The molecule has 1 atom stereocenters. The molecule has 19 heavy (non-hydrogen) atoms. The number of halogens is 2. The molecule has 0 aromatic heterocycles. The van der Waals surface area contributed by atoms with Crippen LogP contribution in [0.15, 0.2) is 40.9 Å². The van der Waals surface area contributed by atoms with Gasteiger partial charge in [-0.2, -0.15) is 0 Å². The Hall–Kier alpha value is -1.19. The van der Waals surface area contributed by atoms with Crippen LogP contribution in [0.5, 0.6) is 0 Å². The van der Waals surface area contributed by atoms with Crippen LogP contribution in [0.25, 0.3) is 0 Å². The second kappa shape index (κ2) is 5.85. The molecule has 0 saturated heterocycles. The fraction of sp³-hybridized carbons (Fsp3) is 0.250. The van der Waals surface area contributed by atoms with Gasteiger partial charge in [0.05, 0.1) is 0 Å². The Balaban J connectivity index is 2.28. The third kappa shape index (κ3) is 3.23. The molecule has 0 aliphatic rings. The first-order chi connectivity index (χ1) is 8.99. The zero-order valence-corrected chi connectivity index (χ0v) is 12.7. The number of hydrogen-bond donors (Lipinski definition) is 1. The maximum Gasteiger partial charge on any atom is 0.129 e. The van der Waals surface area contributed by atoms with E-state index in [9.17, 15) is 4.39 Å². The summed E-state index contributed by atoms with van der Waals surface area (Å²) in [4.78, 5) is 0. The van der Waals surface area contributed by atoms with Gasteiger partial charge in [0.25, 0.3) is 0 Å². The number of nitrogens with two attached hydrogens (primary N) is 1. The molecular formula is C16H17BrFN. The summed E-state index contributed by atoms with van der Waals surface area (Å²) in [6, 6.07) is 10.9. The van der Waals surface area contributed by atoms with Gasteiger partial charge in [0.1, 0.15) is 5.82 Å². The molecule has 0 spiro atoms. The lowest BCUT2D eigenvalue weighted by molar-refractivity contribution is 0.578. The molecule has 0 saturated carbocycles. The van der Waals surface area contributed by atoms with E-state index in [2.05, 4.69) is 41.9 Å². The average Bonchev–Trinajstić information content (AvgIpc) is 2.33. The van der Waals surface area contributed by atoms with Gasteiger partial charge >= 0.3 is 0 Å². The zero-order valence-electron chi connectivity index (χ0n) is 11.1. The zero-order chi connectivity index (χ0) is 14.0. The van der Waals surface area contributed by atoms with E-state index < -0.39 is 0 Å². The second-order valence-corrected chi connectivity index (χ2v) is 5.76. The van der Waals surface area contributed by atoms with Crippen LogP contribution in [0, 0.1) is 19.7 Å². The molecule has 2 aromatic rings. The van der Waals surface area contributed by atoms with Crippen molar-refractivity contribution in [3.8, 4) is 0 Å². The molecule has 0 aliphatic heterocycles. The molecule has 2 N–H and O–H groups in total. The minimum Gasteiger partial charge on any atom is -0.324 e. The normalized spacial score (nSPS) is 12.5. The van der Waals surface area contributed by atoms with E-state index in [4.69, 9.17) is 5.73 Å². The van der Waals surface area contributed by atoms with Crippen LogP contribution in [0.4, 0.5) is 4.39 Å². The van der Waals surface area contributed by atoms with Gasteiger partial charge < -0.3 is 5.73 Å².